The zero-order valence-corrected chi connectivity index (χ0v) is 12.1. The first-order valence-corrected chi connectivity index (χ1v) is 6.41. The first-order chi connectivity index (χ1) is 8.81. The number of alkyl carbamates (subject to hydrolysis) is 1. The van der Waals surface area contributed by atoms with Crippen LogP contribution in [-0.4, -0.2) is 39.7 Å². The van der Waals surface area contributed by atoms with E-state index in [4.69, 9.17) is 9.84 Å². The van der Waals surface area contributed by atoms with E-state index in [1.165, 1.54) is 0 Å². The normalized spacial score (nSPS) is 11.4. The summed E-state index contributed by atoms with van der Waals surface area (Å²) in [5.74, 6) is 0. The lowest BCUT2D eigenvalue weighted by Gasteiger charge is -2.19. The molecule has 0 aliphatic heterocycles. The van der Waals surface area contributed by atoms with Crippen LogP contribution < -0.4 is 5.32 Å². The molecule has 0 aliphatic rings. The number of nitrogens with one attached hydrogen (secondary N) is 1. The minimum absolute atomic E-state index is 0.106. The Hall–Kier alpha value is -1.56. The van der Waals surface area contributed by atoms with Gasteiger partial charge >= 0.3 is 6.09 Å². The van der Waals surface area contributed by atoms with E-state index >= 15 is 0 Å². The molecular formula is C13H23N3O3. The van der Waals surface area contributed by atoms with Gasteiger partial charge < -0.3 is 15.2 Å². The lowest BCUT2D eigenvalue weighted by atomic mass is 10.2. The zero-order valence-electron chi connectivity index (χ0n) is 12.1. The van der Waals surface area contributed by atoms with E-state index in [0.717, 1.165) is 11.4 Å². The smallest absolute Gasteiger partial charge is 0.407 e. The van der Waals surface area contributed by atoms with Crippen LogP contribution in [0.15, 0.2) is 6.07 Å². The van der Waals surface area contributed by atoms with Crippen molar-refractivity contribution in [2.24, 2.45) is 7.05 Å². The Labute approximate surface area is 113 Å². The summed E-state index contributed by atoms with van der Waals surface area (Å²) in [7, 11) is 1.84. The van der Waals surface area contributed by atoms with Crippen molar-refractivity contribution in [3.8, 4) is 0 Å². The molecule has 1 aromatic rings. The number of carbonyl (C=O) groups is 1. The second-order valence-electron chi connectivity index (χ2n) is 5.40. The molecule has 0 aromatic carbocycles. The van der Waals surface area contributed by atoms with E-state index in [1.54, 1.807) is 4.68 Å². The third-order valence-electron chi connectivity index (χ3n) is 2.44. The van der Waals surface area contributed by atoms with Crippen molar-refractivity contribution in [2.75, 3.05) is 13.2 Å². The molecule has 0 unspecified atom stereocenters. The van der Waals surface area contributed by atoms with E-state index in [-0.39, 0.29) is 6.61 Å². The molecule has 108 valence electrons. The fraction of sp³-hybridized carbons (Fsp3) is 0.692. The first-order valence-electron chi connectivity index (χ1n) is 6.41. The van der Waals surface area contributed by atoms with E-state index in [2.05, 4.69) is 10.4 Å². The molecule has 2 N–H and O–H groups in total. The van der Waals surface area contributed by atoms with E-state index < -0.39 is 11.7 Å². The van der Waals surface area contributed by atoms with Gasteiger partial charge in [-0.1, -0.05) is 0 Å². The highest BCUT2D eigenvalue weighted by Crippen LogP contribution is 2.07. The summed E-state index contributed by atoms with van der Waals surface area (Å²) < 4.78 is 6.88. The van der Waals surface area contributed by atoms with Crippen LogP contribution in [0.4, 0.5) is 4.79 Å². The number of nitrogens with zero attached hydrogens (tertiary/aromatic N) is 2. The van der Waals surface area contributed by atoms with Crippen LogP contribution in [0.1, 0.15) is 32.2 Å². The molecule has 0 saturated carbocycles. The number of rotatable bonds is 5. The molecule has 6 nitrogen and oxygen atoms in total. The van der Waals surface area contributed by atoms with Crippen LogP contribution in [0.2, 0.25) is 0 Å². The molecule has 1 amide bonds. The van der Waals surface area contributed by atoms with Gasteiger partial charge in [-0.15, -0.1) is 0 Å². The number of ether oxygens (including phenoxy) is 1. The summed E-state index contributed by atoms with van der Waals surface area (Å²) in [6, 6.07) is 1.94. The minimum Gasteiger partial charge on any atom is -0.444 e. The minimum atomic E-state index is -0.483. The predicted molar refractivity (Wildman–Crippen MR) is 71.9 cm³/mol. The molecular weight excluding hydrogens is 246 g/mol. The largest absolute Gasteiger partial charge is 0.444 e. The Morgan fingerprint density at radius 1 is 1.47 bits per heavy atom. The maximum Gasteiger partial charge on any atom is 0.407 e. The Balaban J connectivity index is 2.37. The Bertz CT molecular complexity index is 421. The number of carbonyl (C=O) groups excluding carboxylic acids is 1. The van der Waals surface area contributed by atoms with Gasteiger partial charge in [0, 0.05) is 38.7 Å². The molecule has 1 aromatic heterocycles. The van der Waals surface area contributed by atoms with Crippen molar-refractivity contribution in [3.05, 3.63) is 17.5 Å². The molecule has 0 fully saturated rings. The molecule has 0 saturated heterocycles. The lowest BCUT2D eigenvalue weighted by Crippen LogP contribution is -2.33. The highest BCUT2D eigenvalue weighted by Gasteiger charge is 2.15. The predicted octanol–water partition coefficient (Wildman–Crippen LogP) is 1.02. The summed E-state index contributed by atoms with van der Waals surface area (Å²) in [5.41, 5.74) is 1.39. The first kappa shape index (κ1) is 15.5. The van der Waals surface area contributed by atoms with Crippen LogP contribution >= 0.6 is 0 Å². The monoisotopic (exact) mass is 269 g/mol. The summed E-state index contributed by atoms with van der Waals surface area (Å²) in [5, 5.41) is 15.9. The van der Waals surface area contributed by atoms with Gasteiger partial charge in [0.1, 0.15) is 5.60 Å². The number of hydrogen-bond donors (Lipinski definition) is 2. The van der Waals surface area contributed by atoms with Crippen LogP contribution in [0, 0.1) is 0 Å². The molecule has 6 heteroatoms. The molecule has 19 heavy (non-hydrogen) atoms. The van der Waals surface area contributed by atoms with Gasteiger partial charge in [-0.3, -0.25) is 4.68 Å². The van der Waals surface area contributed by atoms with Gasteiger partial charge in [0.25, 0.3) is 0 Å². The number of aryl methyl sites for hydroxylation is 1. The SMILES string of the molecule is Cn1nc(CCNC(=O)OC(C)(C)C)cc1CCO. The number of amides is 1. The maximum absolute atomic E-state index is 11.4. The molecule has 1 heterocycles. The van der Waals surface area contributed by atoms with Gasteiger partial charge in [0.15, 0.2) is 0 Å². The van der Waals surface area contributed by atoms with Gasteiger partial charge in [0.05, 0.1) is 5.69 Å². The topological polar surface area (TPSA) is 76.4 Å². The van der Waals surface area contributed by atoms with Crippen LogP contribution in [0.25, 0.3) is 0 Å². The number of aromatic nitrogens is 2. The lowest BCUT2D eigenvalue weighted by molar-refractivity contribution is 0.0528. The molecule has 0 atom stereocenters. The van der Waals surface area contributed by atoms with Crippen molar-refractivity contribution >= 4 is 6.09 Å². The van der Waals surface area contributed by atoms with Gasteiger partial charge in [0.2, 0.25) is 0 Å². The van der Waals surface area contributed by atoms with Crippen molar-refractivity contribution in [1.82, 2.24) is 15.1 Å². The van der Waals surface area contributed by atoms with Crippen LogP contribution in [0.3, 0.4) is 0 Å². The standard InChI is InChI=1S/C13H23N3O3/c1-13(2,3)19-12(18)14-7-5-10-9-11(6-8-17)16(4)15-10/h9,17H,5-8H2,1-4H3,(H,14,18). The van der Waals surface area contributed by atoms with Crippen molar-refractivity contribution in [2.45, 2.75) is 39.2 Å². The Kier molecular flexibility index (Phi) is 5.35. The summed E-state index contributed by atoms with van der Waals surface area (Å²) in [6.45, 7) is 6.06. The zero-order chi connectivity index (χ0) is 14.5. The van der Waals surface area contributed by atoms with Crippen LogP contribution in [-0.2, 0) is 24.6 Å². The molecule has 0 bridgehead atoms. The second kappa shape index (κ2) is 6.56. The molecule has 0 radical (unpaired) electrons. The molecule has 0 spiro atoms. The number of hydrogen-bond acceptors (Lipinski definition) is 4. The Morgan fingerprint density at radius 3 is 2.74 bits per heavy atom. The number of aliphatic hydroxyl groups is 1. The fourth-order valence-corrected chi connectivity index (χ4v) is 1.65. The second-order valence-corrected chi connectivity index (χ2v) is 5.40. The van der Waals surface area contributed by atoms with Crippen molar-refractivity contribution in [3.63, 3.8) is 0 Å². The fourth-order valence-electron chi connectivity index (χ4n) is 1.65. The van der Waals surface area contributed by atoms with Gasteiger partial charge in [-0.25, -0.2) is 4.79 Å². The third-order valence-corrected chi connectivity index (χ3v) is 2.44. The Morgan fingerprint density at radius 2 is 2.16 bits per heavy atom. The van der Waals surface area contributed by atoms with E-state index in [1.807, 2.05) is 33.9 Å². The average molecular weight is 269 g/mol. The summed E-state index contributed by atoms with van der Waals surface area (Å²) in [6.07, 6.45) is 0.806. The summed E-state index contributed by atoms with van der Waals surface area (Å²) >= 11 is 0. The quantitative estimate of drug-likeness (QED) is 0.837. The van der Waals surface area contributed by atoms with E-state index in [0.29, 0.717) is 19.4 Å². The van der Waals surface area contributed by atoms with E-state index in [9.17, 15) is 4.79 Å². The highest BCUT2D eigenvalue weighted by molar-refractivity contribution is 5.67. The highest BCUT2D eigenvalue weighted by atomic mass is 16.6. The van der Waals surface area contributed by atoms with Gasteiger partial charge in [-0.05, 0) is 26.8 Å². The number of aliphatic hydroxyl groups excluding tert-OH is 1. The van der Waals surface area contributed by atoms with Crippen LogP contribution in [0.5, 0.6) is 0 Å². The maximum atomic E-state index is 11.4. The van der Waals surface area contributed by atoms with Gasteiger partial charge in [-0.2, -0.15) is 5.10 Å². The van der Waals surface area contributed by atoms with Crippen molar-refractivity contribution in [1.29, 1.82) is 0 Å². The average Bonchev–Trinajstić information content (AvgIpc) is 2.57. The molecule has 1 rings (SSSR count). The molecule has 0 aliphatic carbocycles. The van der Waals surface area contributed by atoms with Crippen molar-refractivity contribution < 1.29 is 14.6 Å². The third kappa shape index (κ3) is 5.74. The summed E-state index contributed by atoms with van der Waals surface area (Å²) in [4.78, 5) is 11.4.